The quantitative estimate of drug-likeness (QED) is 0.228. The van der Waals surface area contributed by atoms with Gasteiger partial charge in [-0.3, -0.25) is 4.79 Å². The van der Waals surface area contributed by atoms with Crippen LogP contribution < -0.4 is 0 Å². The van der Waals surface area contributed by atoms with Gasteiger partial charge in [0.15, 0.2) is 0 Å². The van der Waals surface area contributed by atoms with Gasteiger partial charge in [-0.25, -0.2) is 8.78 Å². The number of carboxylic acids is 1. The van der Waals surface area contributed by atoms with Gasteiger partial charge in [-0.2, -0.15) is 0 Å². The molecule has 6 atom stereocenters. The van der Waals surface area contributed by atoms with Crippen molar-refractivity contribution < 1.29 is 18.7 Å². The molecule has 1 aliphatic rings. The highest BCUT2D eigenvalue weighted by atomic mass is 19.3. The van der Waals surface area contributed by atoms with Crippen LogP contribution >= 0.6 is 0 Å². The first-order chi connectivity index (χ1) is 16.3. The van der Waals surface area contributed by atoms with E-state index in [0.717, 1.165) is 32.1 Å². The number of carboxylic acid groups (broad SMARTS) is 1. The van der Waals surface area contributed by atoms with E-state index in [9.17, 15) is 13.6 Å². The molecule has 35 heavy (non-hydrogen) atoms. The minimum atomic E-state index is -2.52. The second kappa shape index (κ2) is 17.0. The Morgan fingerprint density at radius 2 is 1.63 bits per heavy atom. The Hall–Kier alpha value is -0.670. The molecule has 2 nitrogen and oxygen atoms in total. The monoisotopic (exact) mass is 502 g/mol. The zero-order chi connectivity index (χ0) is 27.2. The van der Waals surface area contributed by atoms with Crippen LogP contribution in [0.25, 0.3) is 0 Å². The van der Waals surface area contributed by atoms with Crippen molar-refractivity contribution in [2.45, 2.75) is 152 Å². The van der Waals surface area contributed by atoms with Gasteiger partial charge < -0.3 is 5.11 Å². The van der Waals surface area contributed by atoms with Gasteiger partial charge in [-0.15, -0.1) is 0 Å². The van der Waals surface area contributed by atoms with Crippen molar-refractivity contribution in [3.05, 3.63) is 0 Å². The summed E-state index contributed by atoms with van der Waals surface area (Å²) in [7, 11) is 0. The van der Waals surface area contributed by atoms with Gasteiger partial charge in [-0.1, -0.05) is 81.6 Å². The fraction of sp³-hybridized carbons (Fsp3) is 0.968. The molecule has 0 aromatic carbocycles. The van der Waals surface area contributed by atoms with E-state index < -0.39 is 11.9 Å². The maximum Gasteiger partial charge on any atom is 0.303 e. The minimum absolute atomic E-state index is 0.0210. The first-order valence-corrected chi connectivity index (χ1v) is 14.9. The fourth-order valence-electron chi connectivity index (χ4n) is 6.43. The zero-order valence-corrected chi connectivity index (χ0v) is 24.8. The molecule has 0 amide bonds. The highest BCUT2D eigenvalue weighted by molar-refractivity contribution is 5.66. The number of rotatable bonds is 16. The van der Waals surface area contributed by atoms with E-state index in [1.807, 2.05) is 27.7 Å². The Morgan fingerprint density at radius 3 is 2.17 bits per heavy atom. The van der Waals surface area contributed by atoms with Crippen molar-refractivity contribution in [3.63, 3.8) is 0 Å². The van der Waals surface area contributed by atoms with E-state index in [1.165, 1.54) is 19.3 Å². The van der Waals surface area contributed by atoms with Crippen LogP contribution in [0.2, 0.25) is 0 Å². The van der Waals surface area contributed by atoms with Crippen LogP contribution in [0.15, 0.2) is 0 Å². The normalized spacial score (nSPS) is 26.7. The van der Waals surface area contributed by atoms with Crippen LogP contribution in [-0.2, 0) is 4.79 Å². The number of hydrogen-bond acceptors (Lipinski definition) is 1. The predicted octanol–water partition coefficient (Wildman–Crippen LogP) is 10.6. The summed E-state index contributed by atoms with van der Waals surface area (Å²) < 4.78 is 28.5. The average molecular weight is 503 g/mol. The van der Waals surface area contributed by atoms with Crippen molar-refractivity contribution >= 4 is 5.97 Å². The molecular formula is C31H60F2O2. The van der Waals surface area contributed by atoms with Gasteiger partial charge in [0.2, 0.25) is 5.92 Å². The zero-order valence-electron chi connectivity index (χ0n) is 24.8. The molecule has 0 bridgehead atoms. The van der Waals surface area contributed by atoms with E-state index in [-0.39, 0.29) is 24.7 Å². The summed E-state index contributed by atoms with van der Waals surface area (Å²) in [5.41, 5.74) is 0.249. The minimum Gasteiger partial charge on any atom is -0.481 e. The molecule has 0 aliphatic heterocycles. The highest BCUT2D eigenvalue weighted by Gasteiger charge is 2.46. The van der Waals surface area contributed by atoms with Crippen molar-refractivity contribution in [3.8, 4) is 0 Å². The maximum atomic E-state index is 14.2. The number of alkyl halides is 2. The van der Waals surface area contributed by atoms with Gasteiger partial charge in [0.05, 0.1) is 0 Å². The van der Waals surface area contributed by atoms with Crippen LogP contribution in [0.1, 0.15) is 146 Å². The van der Waals surface area contributed by atoms with E-state index >= 15 is 0 Å². The number of halogens is 2. The fourth-order valence-corrected chi connectivity index (χ4v) is 6.43. The Bertz CT molecular complexity index is 562. The lowest BCUT2D eigenvalue weighted by molar-refractivity contribution is -0.137. The van der Waals surface area contributed by atoms with E-state index in [4.69, 9.17) is 5.11 Å². The van der Waals surface area contributed by atoms with Crippen molar-refractivity contribution in [2.75, 3.05) is 0 Å². The molecule has 0 aromatic rings. The van der Waals surface area contributed by atoms with E-state index in [2.05, 4.69) is 34.6 Å². The highest BCUT2D eigenvalue weighted by Crippen LogP contribution is 2.54. The van der Waals surface area contributed by atoms with Gasteiger partial charge in [-0.05, 0) is 85.9 Å². The SMILES string of the molecule is CC.CCCC(CCCC(=O)O)C1(C)CCC(C)C(CCC(C)CCC(F)(F)CCC(C)C)C1C. The molecule has 0 heterocycles. The summed E-state index contributed by atoms with van der Waals surface area (Å²) in [5.74, 6) is -0.0811. The molecule has 0 radical (unpaired) electrons. The predicted molar refractivity (Wildman–Crippen MR) is 147 cm³/mol. The van der Waals surface area contributed by atoms with Crippen LogP contribution in [0.5, 0.6) is 0 Å². The molecule has 210 valence electrons. The molecule has 0 spiro atoms. The van der Waals surface area contributed by atoms with Crippen molar-refractivity contribution in [1.82, 2.24) is 0 Å². The molecule has 1 fully saturated rings. The lowest BCUT2D eigenvalue weighted by atomic mass is 9.53. The lowest BCUT2D eigenvalue weighted by Crippen LogP contribution is -2.44. The van der Waals surface area contributed by atoms with Crippen LogP contribution in [0.4, 0.5) is 8.78 Å². The summed E-state index contributed by atoms with van der Waals surface area (Å²) in [6.45, 7) is 19.7. The third-order valence-electron chi connectivity index (χ3n) is 9.15. The van der Waals surface area contributed by atoms with Gasteiger partial charge in [0.25, 0.3) is 0 Å². The Morgan fingerprint density at radius 1 is 1.03 bits per heavy atom. The topological polar surface area (TPSA) is 37.3 Å². The lowest BCUT2D eigenvalue weighted by Gasteiger charge is -2.52. The summed E-state index contributed by atoms with van der Waals surface area (Å²) in [6, 6.07) is 0. The number of carbonyl (C=O) groups is 1. The van der Waals surface area contributed by atoms with Crippen molar-refractivity contribution in [2.24, 2.45) is 40.9 Å². The van der Waals surface area contributed by atoms with Crippen molar-refractivity contribution in [1.29, 1.82) is 0 Å². The van der Waals surface area contributed by atoms with E-state index in [1.54, 1.807) is 0 Å². The Balaban J connectivity index is 0.00000562. The molecule has 1 saturated carbocycles. The van der Waals surface area contributed by atoms with Gasteiger partial charge in [0.1, 0.15) is 0 Å². The number of aliphatic carboxylic acids is 1. The van der Waals surface area contributed by atoms with Crippen LogP contribution in [-0.4, -0.2) is 17.0 Å². The Labute approximate surface area is 217 Å². The first-order valence-electron chi connectivity index (χ1n) is 14.9. The smallest absolute Gasteiger partial charge is 0.303 e. The van der Waals surface area contributed by atoms with E-state index in [0.29, 0.717) is 48.3 Å². The molecule has 6 unspecified atom stereocenters. The molecule has 1 rings (SSSR count). The second-order valence-corrected chi connectivity index (χ2v) is 12.3. The summed E-state index contributed by atoms with van der Waals surface area (Å²) in [6.07, 6.45) is 10.2. The molecule has 0 saturated heterocycles. The van der Waals surface area contributed by atoms with Crippen LogP contribution in [0, 0.1) is 40.9 Å². The largest absolute Gasteiger partial charge is 0.481 e. The number of hydrogen-bond donors (Lipinski definition) is 1. The van der Waals surface area contributed by atoms with Crippen LogP contribution in [0.3, 0.4) is 0 Å². The molecule has 1 N–H and O–H groups in total. The maximum absolute atomic E-state index is 14.2. The molecule has 1 aliphatic carbocycles. The molecule has 4 heteroatoms. The first kappa shape index (κ1) is 34.3. The average Bonchev–Trinajstić information content (AvgIpc) is 2.80. The third kappa shape index (κ3) is 12.4. The summed E-state index contributed by atoms with van der Waals surface area (Å²) >= 11 is 0. The molecule has 0 aromatic heterocycles. The Kier molecular flexibility index (Phi) is 16.6. The molecular weight excluding hydrogens is 442 g/mol. The summed E-state index contributed by atoms with van der Waals surface area (Å²) in [5, 5.41) is 9.08. The van der Waals surface area contributed by atoms with Gasteiger partial charge >= 0.3 is 5.97 Å². The standard InChI is InChI=1S/C29H54F2O2.C2H6/c1-8-10-25(11-9-12-27(32)33)28(7)18-17-23(5)26(24(28)6)14-13-22(4)16-20-29(30,31)19-15-21(2)3;1-2/h21-26H,8-20H2,1-7H3,(H,32,33);1-2H3. The summed E-state index contributed by atoms with van der Waals surface area (Å²) in [4.78, 5) is 11.0. The third-order valence-corrected chi connectivity index (χ3v) is 9.15. The van der Waals surface area contributed by atoms with Gasteiger partial charge in [0, 0.05) is 19.3 Å². The second-order valence-electron chi connectivity index (χ2n) is 12.3.